The minimum absolute atomic E-state index is 0.0874. The first-order valence-electron chi connectivity index (χ1n) is 5.25. The van der Waals surface area contributed by atoms with Crippen molar-refractivity contribution in [3.05, 3.63) is 12.2 Å². The van der Waals surface area contributed by atoms with Gasteiger partial charge >= 0.3 is 0 Å². The monoisotopic (exact) mass is 211 g/mol. The molecule has 84 valence electrons. The lowest BCUT2D eigenvalue weighted by atomic mass is 9.84. The van der Waals surface area contributed by atoms with Gasteiger partial charge in [0.2, 0.25) is 0 Å². The van der Waals surface area contributed by atoms with Gasteiger partial charge in [0.05, 0.1) is 19.6 Å². The van der Waals surface area contributed by atoms with E-state index < -0.39 is 0 Å². The summed E-state index contributed by atoms with van der Waals surface area (Å²) in [7, 11) is 2.87. The van der Waals surface area contributed by atoms with Gasteiger partial charge in [-0.15, -0.1) is 0 Å². The lowest BCUT2D eigenvalue weighted by molar-refractivity contribution is -0.322. The Morgan fingerprint density at radius 2 is 2.07 bits per heavy atom. The van der Waals surface area contributed by atoms with E-state index in [1.54, 1.807) is 0 Å². The molecule has 0 N–H and O–H groups in total. The maximum atomic E-state index is 12.2. The van der Waals surface area contributed by atoms with E-state index >= 15 is 0 Å². The van der Waals surface area contributed by atoms with E-state index in [0.29, 0.717) is 11.8 Å². The number of hydrogen-bond donors (Lipinski definition) is 0. The van der Waals surface area contributed by atoms with Gasteiger partial charge in [0.15, 0.2) is 0 Å². The second-order valence-corrected chi connectivity index (χ2v) is 4.49. The number of nitrogens with zero attached hydrogens (tertiary/aromatic N) is 1. The molecular weight excluding hydrogens is 194 g/mol. The van der Waals surface area contributed by atoms with Crippen LogP contribution in [0.1, 0.15) is 19.8 Å². The highest BCUT2D eigenvalue weighted by molar-refractivity contribution is 5.84. The molecule has 15 heavy (non-hydrogen) atoms. The van der Waals surface area contributed by atoms with Crippen molar-refractivity contribution in [1.82, 2.24) is 5.23 Å². The Hall–Kier alpha value is -0.870. The molecule has 0 aromatic rings. The molecule has 0 radical (unpaired) electrons. The summed E-state index contributed by atoms with van der Waals surface area (Å²) >= 11 is 0. The second-order valence-electron chi connectivity index (χ2n) is 4.49. The Kier molecular flexibility index (Phi) is 2.56. The third kappa shape index (κ3) is 1.48. The van der Waals surface area contributed by atoms with Gasteiger partial charge in [-0.2, -0.15) is 0 Å². The highest BCUT2D eigenvalue weighted by Crippen LogP contribution is 2.53. The summed E-state index contributed by atoms with van der Waals surface area (Å²) in [5.41, 5.74) is -0.379. The van der Waals surface area contributed by atoms with Gasteiger partial charge in [0.25, 0.3) is 5.91 Å². The van der Waals surface area contributed by atoms with E-state index in [1.807, 2.05) is 6.08 Å². The lowest BCUT2D eigenvalue weighted by Crippen LogP contribution is -2.40. The molecule has 3 unspecified atom stereocenters. The van der Waals surface area contributed by atoms with E-state index in [9.17, 15) is 4.79 Å². The lowest BCUT2D eigenvalue weighted by Gasteiger charge is -2.28. The van der Waals surface area contributed by atoms with E-state index in [2.05, 4.69) is 13.0 Å². The number of allylic oxidation sites excluding steroid dienone is 1. The van der Waals surface area contributed by atoms with Crippen molar-refractivity contribution in [1.29, 1.82) is 0 Å². The van der Waals surface area contributed by atoms with E-state index in [1.165, 1.54) is 14.2 Å². The van der Waals surface area contributed by atoms with Crippen LogP contribution in [0.3, 0.4) is 0 Å². The minimum atomic E-state index is -0.379. The molecule has 2 aliphatic carbocycles. The topological polar surface area (TPSA) is 38.8 Å². The maximum Gasteiger partial charge on any atom is 0.283 e. The number of amides is 1. The molecule has 1 amide bonds. The van der Waals surface area contributed by atoms with Gasteiger partial charge in [-0.25, -0.2) is 9.68 Å². The third-order valence-electron chi connectivity index (χ3n) is 3.60. The molecule has 2 aliphatic rings. The second kappa shape index (κ2) is 3.61. The van der Waals surface area contributed by atoms with Gasteiger partial charge < -0.3 is 0 Å². The van der Waals surface area contributed by atoms with Crippen molar-refractivity contribution in [2.45, 2.75) is 19.8 Å². The number of fused-ring (bicyclic) bond motifs is 2. The highest BCUT2D eigenvalue weighted by atomic mass is 16.9. The summed E-state index contributed by atoms with van der Waals surface area (Å²) in [5.74, 6) is 1.04. The zero-order valence-corrected chi connectivity index (χ0v) is 9.40. The molecule has 3 atom stereocenters. The van der Waals surface area contributed by atoms with Crippen LogP contribution >= 0.6 is 0 Å². The summed E-state index contributed by atoms with van der Waals surface area (Å²) in [6, 6.07) is 0. The van der Waals surface area contributed by atoms with E-state index in [-0.39, 0.29) is 11.3 Å². The average molecular weight is 211 g/mol. The van der Waals surface area contributed by atoms with Crippen molar-refractivity contribution in [3.8, 4) is 0 Å². The largest absolute Gasteiger partial charge is 0.283 e. The van der Waals surface area contributed by atoms with Crippen LogP contribution in [-0.2, 0) is 14.5 Å². The van der Waals surface area contributed by atoms with Crippen LogP contribution in [0, 0.1) is 17.3 Å². The normalized spacial score (nSPS) is 37.3. The molecule has 0 aromatic carbocycles. The minimum Gasteiger partial charge on any atom is -0.269 e. The van der Waals surface area contributed by atoms with E-state index in [4.69, 9.17) is 9.68 Å². The fourth-order valence-electron chi connectivity index (χ4n) is 2.80. The molecule has 0 saturated heterocycles. The van der Waals surface area contributed by atoms with E-state index in [0.717, 1.165) is 18.1 Å². The Bertz CT molecular complexity index is 298. The Morgan fingerprint density at radius 3 is 2.47 bits per heavy atom. The zero-order chi connectivity index (χ0) is 11.1. The molecule has 0 aromatic heterocycles. The van der Waals surface area contributed by atoms with Gasteiger partial charge in [0.1, 0.15) is 0 Å². The fraction of sp³-hybridized carbons (Fsp3) is 0.727. The predicted octanol–water partition coefficient (Wildman–Crippen LogP) is 1.54. The smallest absolute Gasteiger partial charge is 0.269 e. The van der Waals surface area contributed by atoms with Crippen molar-refractivity contribution in [2.75, 3.05) is 14.2 Å². The summed E-state index contributed by atoms with van der Waals surface area (Å²) < 4.78 is 0. The molecule has 1 fully saturated rings. The molecule has 2 rings (SSSR count). The van der Waals surface area contributed by atoms with Gasteiger partial charge in [0, 0.05) is 0 Å². The van der Waals surface area contributed by atoms with Crippen LogP contribution < -0.4 is 0 Å². The van der Waals surface area contributed by atoms with Gasteiger partial charge in [-0.1, -0.05) is 24.3 Å². The highest BCUT2D eigenvalue weighted by Gasteiger charge is 2.52. The Labute approximate surface area is 89.7 Å². The summed E-state index contributed by atoms with van der Waals surface area (Å²) in [6.45, 7) is 2.19. The number of carbonyl (C=O) groups is 1. The van der Waals surface area contributed by atoms with Crippen molar-refractivity contribution in [2.24, 2.45) is 17.3 Å². The van der Waals surface area contributed by atoms with Crippen molar-refractivity contribution >= 4 is 5.91 Å². The zero-order valence-electron chi connectivity index (χ0n) is 9.40. The van der Waals surface area contributed by atoms with Crippen molar-refractivity contribution < 1.29 is 14.5 Å². The van der Waals surface area contributed by atoms with Crippen LogP contribution in [0.5, 0.6) is 0 Å². The molecule has 2 bridgehead atoms. The van der Waals surface area contributed by atoms with Gasteiger partial charge in [-0.05, 0) is 24.7 Å². The van der Waals surface area contributed by atoms with Crippen molar-refractivity contribution in [3.63, 3.8) is 0 Å². The summed E-state index contributed by atoms with van der Waals surface area (Å²) in [4.78, 5) is 21.9. The Balaban J connectivity index is 2.17. The molecular formula is C11H17NO3. The third-order valence-corrected chi connectivity index (χ3v) is 3.60. The first-order valence-corrected chi connectivity index (χ1v) is 5.25. The van der Waals surface area contributed by atoms with Crippen LogP contribution in [0.2, 0.25) is 0 Å². The quantitative estimate of drug-likeness (QED) is 0.525. The van der Waals surface area contributed by atoms with Gasteiger partial charge in [-0.3, -0.25) is 4.79 Å². The number of rotatable bonds is 3. The summed E-state index contributed by atoms with van der Waals surface area (Å²) in [5, 5.41) is 0.977. The molecule has 0 spiro atoms. The summed E-state index contributed by atoms with van der Waals surface area (Å²) in [6.07, 6.45) is 5.97. The Morgan fingerprint density at radius 1 is 1.40 bits per heavy atom. The number of carbonyl (C=O) groups excluding carboxylic acids is 1. The SMILES string of the molecule is CON(OC)C(=O)C12C=CC(C1)C(C)C2. The molecule has 0 heterocycles. The number of hydrogen-bond acceptors (Lipinski definition) is 3. The first-order chi connectivity index (χ1) is 7.13. The molecule has 0 aliphatic heterocycles. The first kappa shape index (κ1) is 10.6. The molecule has 4 nitrogen and oxygen atoms in total. The predicted molar refractivity (Wildman–Crippen MR) is 54.3 cm³/mol. The molecule has 4 heteroatoms. The van der Waals surface area contributed by atoms with Crippen LogP contribution in [0.25, 0.3) is 0 Å². The number of hydroxylamine groups is 2. The fourth-order valence-corrected chi connectivity index (χ4v) is 2.80. The molecule has 1 saturated carbocycles. The van der Waals surface area contributed by atoms with Crippen LogP contribution in [0.4, 0.5) is 0 Å². The van der Waals surface area contributed by atoms with Crippen LogP contribution in [0.15, 0.2) is 12.2 Å². The van der Waals surface area contributed by atoms with Crippen LogP contribution in [-0.4, -0.2) is 25.4 Å². The maximum absolute atomic E-state index is 12.2. The average Bonchev–Trinajstić information content (AvgIpc) is 2.77. The standard InChI is InChI=1S/C11H17NO3/c1-8-6-11(5-4-9(8)7-11)10(13)12(14-2)15-3/h4-5,8-9H,6-7H2,1-3H3.